The highest BCUT2D eigenvalue weighted by Gasteiger charge is 2.26. The Morgan fingerprint density at radius 3 is 2.65 bits per heavy atom. The molecule has 0 bridgehead atoms. The molecule has 1 fully saturated rings. The largest absolute Gasteiger partial charge is 0.463 e. The summed E-state index contributed by atoms with van der Waals surface area (Å²) in [6.07, 6.45) is 2.97. The van der Waals surface area contributed by atoms with E-state index in [0.29, 0.717) is 54.9 Å². The molecule has 1 N–H and O–H groups in total. The second kappa shape index (κ2) is 10.4. The minimum Gasteiger partial charge on any atom is -0.463 e. The predicted molar refractivity (Wildman–Crippen MR) is 138 cm³/mol. The van der Waals surface area contributed by atoms with E-state index in [9.17, 15) is 4.79 Å². The molecule has 2 aromatic heterocycles. The fourth-order valence-corrected chi connectivity index (χ4v) is 4.81. The van der Waals surface area contributed by atoms with E-state index in [2.05, 4.69) is 20.2 Å². The number of H-pyrrole nitrogens is 1. The van der Waals surface area contributed by atoms with Gasteiger partial charge in [0.15, 0.2) is 5.82 Å². The molecule has 194 valence electrons. The van der Waals surface area contributed by atoms with Gasteiger partial charge in [0.05, 0.1) is 23.3 Å². The summed E-state index contributed by atoms with van der Waals surface area (Å²) in [7, 11) is 3.92. The van der Waals surface area contributed by atoms with Crippen LogP contribution in [0.2, 0.25) is 5.02 Å². The van der Waals surface area contributed by atoms with Crippen LogP contribution in [0.25, 0.3) is 32.9 Å². The Labute approximate surface area is 217 Å². The van der Waals surface area contributed by atoms with E-state index in [1.807, 2.05) is 23.9 Å². The maximum absolute atomic E-state index is 16.3. The Balaban J connectivity index is 1.65. The van der Waals surface area contributed by atoms with Crippen LogP contribution in [0.1, 0.15) is 6.42 Å². The van der Waals surface area contributed by atoms with Crippen LogP contribution in [-0.2, 0) is 4.79 Å². The fraction of sp³-hybridized carbons (Fsp3) is 0.360. The molecule has 0 aliphatic carbocycles. The predicted octanol–water partition coefficient (Wildman–Crippen LogP) is 3.71. The van der Waals surface area contributed by atoms with E-state index in [-0.39, 0.29) is 27.7 Å². The lowest BCUT2D eigenvalue weighted by Crippen LogP contribution is -2.46. The van der Waals surface area contributed by atoms with Gasteiger partial charge in [-0.1, -0.05) is 11.6 Å². The first kappa shape index (κ1) is 25.1. The number of piperazine rings is 1. The van der Waals surface area contributed by atoms with Crippen molar-refractivity contribution in [3.8, 4) is 17.1 Å². The normalized spacial score (nSPS) is 14.2. The van der Waals surface area contributed by atoms with Crippen LogP contribution in [0.15, 0.2) is 24.4 Å². The maximum atomic E-state index is 16.3. The van der Waals surface area contributed by atoms with Gasteiger partial charge in [0.2, 0.25) is 6.41 Å². The molecule has 1 aliphatic rings. The molecule has 0 radical (unpaired) electrons. The Hall–Kier alpha value is -3.57. The average Bonchev–Trinajstić information content (AvgIpc) is 3.37. The van der Waals surface area contributed by atoms with Crippen molar-refractivity contribution in [2.45, 2.75) is 6.42 Å². The van der Waals surface area contributed by atoms with Crippen LogP contribution in [0.5, 0.6) is 6.01 Å². The molecule has 4 aromatic rings. The lowest BCUT2D eigenvalue weighted by molar-refractivity contribution is -0.118. The Morgan fingerprint density at radius 1 is 1.14 bits per heavy atom. The third-order valence-corrected chi connectivity index (χ3v) is 6.71. The summed E-state index contributed by atoms with van der Waals surface area (Å²) in [5, 5.41) is 7.54. The van der Waals surface area contributed by atoms with Crippen LogP contribution >= 0.6 is 11.6 Å². The number of amides is 1. The van der Waals surface area contributed by atoms with Gasteiger partial charge in [0, 0.05) is 54.6 Å². The van der Waals surface area contributed by atoms with Gasteiger partial charge >= 0.3 is 6.01 Å². The highest BCUT2D eigenvalue weighted by Crippen LogP contribution is 2.42. The standard InChI is InChI=1S/C25H26ClF2N7O2/c1-33(2)6-3-11-37-25-30-23-15(24(31-25)35-9-7-34(14-36)8-10-35)12-17(26)21(22(23)28)20-16-13-29-32-19(16)5-4-18(20)27/h4-5,12-14H,3,6-11H2,1-2H3,(H,29,32). The van der Waals surface area contributed by atoms with Crippen molar-refractivity contribution in [3.63, 3.8) is 0 Å². The van der Waals surface area contributed by atoms with Crippen molar-refractivity contribution in [2.75, 3.05) is 58.3 Å². The molecule has 12 heteroatoms. The number of carbonyl (C=O) groups excluding carboxylic acids is 1. The number of ether oxygens (including phenoxy) is 1. The van der Waals surface area contributed by atoms with Gasteiger partial charge in [0.25, 0.3) is 0 Å². The molecule has 3 heterocycles. The van der Waals surface area contributed by atoms with Gasteiger partial charge in [-0.25, -0.2) is 8.78 Å². The van der Waals surface area contributed by atoms with Gasteiger partial charge < -0.3 is 19.4 Å². The summed E-state index contributed by atoms with van der Waals surface area (Å²) in [5.41, 5.74) is 0.425. The van der Waals surface area contributed by atoms with Crippen molar-refractivity contribution in [2.24, 2.45) is 0 Å². The number of nitrogens with one attached hydrogen (secondary N) is 1. The lowest BCUT2D eigenvalue weighted by Gasteiger charge is -2.34. The molecular weight excluding hydrogens is 504 g/mol. The second-order valence-corrected chi connectivity index (χ2v) is 9.57. The minimum absolute atomic E-state index is 0.00357. The van der Waals surface area contributed by atoms with Gasteiger partial charge in [-0.05, 0) is 38.7 Å². The summed E-state index contributed by atoms with van der Waals surface area (Å²) < 4.78 is 37.1. The van der Waals surface area contributed by atoms with Crippen LogP contribution in [0.4, 0.5) is 14.6 Å². The number of anilines is 1. The first-order chi connectivity index (χ1) is 17.9. The zero-order chi connectivity index (χ0) is 26.1. The number of carbonyl (C=O) groups is 1. The SMILES string of the molecule is CN(C)CCCOc1nc(N2CCN(C=O)CC2)c2cc(Cl)c(-c3c(F)ccc4[nH]ncc34)c(F)c2n1. The smallest absolute Gasteiger partial charge is 0.319 e. The Morgan fingerprint density at radius 2 is 1.92 bits per heavy atom. The monoisotopic (exact) mass is 529 g/mol. The van der Waals surface area contributed by atoms with Crippen LogP contribution in [0.3, 0.4) is 0 Å². The Kier molecular flexibility index (Phi) is 7.07. The molecule has 1 amide bonds. The van der Waals surface area contributed by atoms with E-state index < -0.39 is 11.6 Å². The second-order valence-electron chi connectivity index (χ2n) is 9.16. The van der Waals surface area contributed by atoms with Crippen LogP contribution in [0, 0.1) is 11.6 Å². The van der Waals surface area contributed by atoms with Crippen molar-refractivity contribution < 1.29 is 18.3 Å². The summed E-state index contributed by atoms with van der Waals surface area (Å²) in [5.74, 6) is -0.954. The van der Waals surface area contributed by atoms with Gasteiger partial charge in [-0.2, -0.15) is 15.1 Å². The topological polar surface area (TPSA) is 90.5 Å². The summed E-state index contributed by atoms with van der Waals surface area (Å²) in [6, 6.07) is 4.36. The van der Waals surface area contributed by atoms with E-state index >= 15 is 8.78 Å². The zero-order valence-corrected chi connectivity index (χ0v) is 21.2. The number of benzene rings is 2. The number of aromatic amines is 1. The van der Waals surface area contributed by atoms with Crippen molar-refractivity contribution in [1.29, 1.82) is 0 Å². The number of aromatic nitrogens is 4. The molecule has 37 heavy (non-hydrogen) atoms. The van der Waals surface area contributed by atoms with Crippen molar-refractivity contribution >= 4 is 45.6 Å². The third-order valence-electron chi connectivity index (χ3n) is 6.41. The van der Waals surface area contributed by atoms with E-state index in [1.54, 1.807) is 11.0 Å². The van der Waals surface area contributed by atoms with Gasteiger partial charge in [-0.3, -0.25) is 9.89 Å². The van der Waals surface area contributed by atoms with Crippen LogP contribution in [-0.4, -0.2) is 89.8 Å². The molecular formula is C25H26ClF2N7O2. The minimum atomic E-state index is -0.775. The molecule has 1 aliphatic heterocycles. The first-order valence-corrected chi connectivity index (χ1v) is 12.3. The van der Waals surface area contributed by atoms with Crippen LogP contribution < -0.4 is 9.64 Å². The van der Waals surface area contributed by atoms with Crippen molar-refractivity contribution in [3.05, 3.63) is 41.1 Å². The highest BCUT2D eigenvalue weighted by molar-refractivity contribution is 6.35. The molecule has 2 aromatic carbocycles. The third kappa shape index (κ3) is 4.88. The molecule has 5 rings (SSSR count). The van der Waals surface area contributed by atoms with E-state index in [4.69, 9.17) is 16.3 Å². The van der Waals surface area contributed by atoms with E-state index in [0.717, 1.165) is 19.4 Å². The number of rotatable bonds is 8. The zero-order valence-electron chi connectivity index (χ0n) is 20.5. The summed E-state index contributed by atoms with van der Waals surface area (Å²) >= 11 is 6.61. The molecule has 1 saturated heterocycles. The lowest BCUT2D eigenvalue weighted by atomic mass is 9.98. The molecule has 0 spiro atoms. The number of hydrogen-bond donors (Lipinski definition) is 1. The quantitative estimate of drug-likeness (QED) is 0.275. The number of nitrogens with zero attached hydrogens (tertiary/aromatic N) is 6. The number of fused-ring (bicyclic) bond motifs is 2. The molecule has 0 saturated carbocycles. The maximum Gasteiger partial charge on any atom is 0.319 e. The molecule has 9 nitrogen and oxygen atoms in total. The summed E-state index contributed by atoms with van der Waals surface area (Å²) in [4.78, 5) is 25.8. The fourth-order valence-electron chi connectivity index (χ4n) is 4.52. The number of halogens is 3. The highest BCUT2D eigenvalue weighted by atomic mass is 35.5. The number of hydrogen-bond acceptors (Lipinski definition) is 7. The molecule has 0 atom stereocenters. The van der Waals surface area contributed by atoms with Crippen molar-refractivity contribution in [1.82, 2.24) is 30.0 Å². The Bertz CT molecular complexity index is 1450. The summed E-state index contributed by atoms with van der Waals surface area (Å²) in [6.45, 7) is 3.12. The van der Waals surface area contributed by atoms with E-state index in [1.165, 1.54) is 18.3 Å². The molecule has 0 unspecified atom stereocenters. The van der Waals surface area contributed by atoms with Gasteiger partial charge in [0.1, 0.15) is 17.2 Å². The average molecular weight is 530 g/mol. The van der Waals surface area contributed by atoms with Gasteiger partial charge in [-0.15, -0.1) is 0 Å². The first-order valence-electron chi connectivity index (χ1n) is 11.9.